The first kappa shape index (κ1) is 19.7. The van der Waals surface area contributed by atoms with Crippen molar-refractivity contribution in [3.63, 3.8) is 0 Å². The maximum Gasteiger partial charge on any atom is 0.226 e. The molecule has 30 heavy (non-hydrogen) atoms. The molecule has 0 saturated heterocycles. The summed E-state index contributed by atoms with van der Waals surface area (Å²) in [6, 6.07) is 13.0. The maximum absolute atomic E-state index is 13.4. The number of hydrogen-bond donors (Lipinski definition) is 1. The van der Waals surface area contributed by atoms with Gasteiger partial charge in [0, 0.05) is 12.5 Å². The van der Waals surface area contributed by atoms with E-state index in [4.69, 9.17) is 0 Å². The van der Waals surface area contributed by atoms with Crippen LogP contribution in [-0.2, 0) is 4.79 Å². The Kier molecular flexibility index (Phi) is 5.12. The van der Waals surface area contributed by atoms with Crippen LogP contribution in [0.25, 0.3) is 0 Å². The van der Waals surface area contributed by atoms with Gasteiger partial charge in [-0.15, -0.1) is 0 Å². The largest absolute Gasteiger partial charge is 0.356 e. The lowest BCUT2D eigenvalue weighted by atomic mass is 9.64. The molecule has 3 aliphatic carbocycles. The van der Waals surface area contributed by atoms with E-state index in [9.17, 15) is 13.6 Å². The number of carbonyl (C=O) groups excluding carboxylic acids is 1. The van der Waals surface area contributed by atoms with Crippen LogP contribution in [0.4, 0.5) is 8.78 Å². The maximum atomic E-state index is 13.4. The van der Waals surface area contributed by atoms with Crippen LogP contribution in [0.5, 0.6) is 0 Å². The van der Waals surface area contributed by atoms with E-state index in [1.54, 1.807) is 24.3 Å². The van der Waals surface area contributed by atoms with Crippen molar-refractivity contribution < 1.29 is 13.6 Å². The molecule has 3 saturated carbocycles. The summed E-state index contributed by atoms with van der Waals surface area (Å²) in [6.07, 6.45) is 7.81. The fourth-order valence-corrected chi connectivity index (χ4v) is 6.68. The fourth-order valence-electron chi connectivity index (χ4n) is 6.68. The van der Waals surface area contributed by atoms with Crippen molar-refractivity contribution >= 4 is 5.91 Å². The molecule has 158 valence electrons. The monoisotopic (exact) mass is 409 g/mol. The summed E-state index contributed by atoms with van der Waals surface area (Å²) in [5, 5.41) is 3.26. The molecule has 1 amide bonds. The van der Waals surface area contributed by atoms with Gasteiger partial charge in [-0.2, -0.15) is 0 Å². The third-order valence-corrected chi connectivity index (χ3v) is 8.05. The number of fused-ring (bicyclic) bond motifs is 2. The topological polar surface area (TPSA) is 29.1 Å². The Bertz CT molecular complexity index is 864. The minimum atomic E-state index is -0.271. The Morgan fingerprint density at radius 2 is 1.53 bits per heavy atom. The zero-order valence-electron chi connectivity index (χ0n) is 17.2. The summed E-state index contributed by atoms with van der Waals surface area (Å²) in [7, 11) is 0. The number of rotatable bonds is 6. The highest BCUT2D eigenvalue weighted by molar-refractivity contribution is 5.83. The Hall–Kier alpha value is -2.23. The van der Waals surface area contributed by atoms with Crippen molar-refractivity contribution in [2.75, 3.05) is 6.54 Å². The van der Waals surface area contributed by atoms with Gasteiger partial charge in [0.1, 0.15) is 11.6 Å². The van der Waals surface area contributed by atoms with Crippen LogP contribution in [0.1, 0.15) is 62.0 Å². The summed E-state index contributed by atoms with van der Waals surface area (Å²) < 4.78 is 26.8. The van der Waals surface area contributed by atoms with Crippen molar-refractivity contribution in [2.24, 2.45) is 23.2 Å². The normalized spacial score (nSPS) is 29.4. The Balaban J connectivity index is 1.29. The molecule has 5 rings (SSSR count). The van der Waals surface area contributed by atoms with Gasteiger partial charge in [-0.3, -0.25) is 4.79 Å². The molecule has 1 N–H and O–H groups in total. The van der Waals surface area contributed by atoms with Crippen LogP contribution in [0.3, 0.4) is 0 Å². The van der Waals surface area contributed by atoms with E-state index in [-0.39, 0.29) is 28.9 Å². The highest BCUT2D eigenvalue weighted by Crippen LogP contribution is 2.62. The number of nitrogens with one attached hydrogen (secondary N) is 1. The van der Waals surface area contributed by atoms with Crippen LogP contribution >= 0.6 is 0 Å². The quantitative estimate of drug-likeness (QED) is 0.640. The van der Waals surface area contributed by atoms with E-state index in [0.29, 0.717) is 18.9 Å². The molecule has 0 radical (unpaired) electrons. The minimum Gasteiger partial charge on any atom is -0.356 e. The highest BCUT2D eigenvalue weighted by atomic mass is 19.1. The molecular formula is C26H29F2NO. The molecule has 0 aromatic heterocycles. The van der Waals surface area contributed by atoms with Crippen LogP contribution in [0, 0.1) is 34.8 Å². The summed E-state index contributed by atoms with van der Waals surface area (Å²) in [6.45, 7) is 0.570. The molecule has 3 fully saturated rings. The van der Waals surface area contributed by atoms with E-state index >= 15 is 0 Å². The van der Waals surface area contributed by atoms with Gasteiger partial charge < -0.3 is 5.32 Å². The first-order valence-electron chi connectivity index (χ1n) is 11.3. The van der Waals surface area contributed by atoms with Crippen molar-refractivity contribution in [1.82, 2.24) is 5.32 Å². The molecule has 3 bridgehead atoms. The highest BCUT2D eigenvalue weighted by Gasteiger charge is 2.57. The second kappa shape index (κ2) is 7.79. The number of benzene rings is 2. The molecule has 4 atom stereocenters. The summed E-state index contributed by atoms with van der Waals surface area (Å²) in [5.41, 5.74) is 1.82. The average Bonchev–Trinajstić information content (AvgIpc) is 2.92. The van der Waals surface area contributed by atoms with E-state index < -0.39 is 0 Å². The molecule has 2 aromatic carbocycles. The van der Waals surface area contributed by atoms with Crippen molar-refractivity contribution in [3.8, 4) is 0 Å². The predicted octanol–water partition coefficient (Wildman–Crippen LogP) is 5.82. The Morgan fingerprint density at radius 3 is 2.17 bits per heavy atom. The Labute approximate surface area is 177 Å². The third-order valence-electron chi connectivity index (χ3n) is 8.05. The molecule has 4 unspecified atom stereocenters. The lowest BCUT2D eigenvalue weighted by molar-refractivity contribution is -0.135. The summed E-state index contributed by atoms with van der Waals surface area (Å²) in [4.78, 5) is 13.3. The SMILES string of the molecule is O=C(NCCC(c1ccc(F)cc1)c1ccc(F)cc1)C12CCC3CC(CC1C3)C2. The number of amides is 1. The van der Waals surface area contributed by atoms with Crippen LogP contribution < -0.4 is 5.32 Å². The van der Waals surface area contributed by atoms with E-state index in [1.807, 2.05) is 0 Å². The fraction of sp³-hybridized carbons (Fsp3) is 0.500. The summed E-state index contributed by atoms with van der Waals surface area (Å²) in [5.74, 6) is 1.85. The molecule has 0 aliphatic heterocycles. The Morgan fingerprint density at radius 1 is 0.933 bits per heavy atom. The van der Waals surface area contributed by atoms with Crippen LogP contribution in [0.2, 0.25) is 0 Å². The van der Waals surface area contributed by atoms with Gasteiger partial charge in [-0.25, -0.2) is 8.78 Å². The van der Waals surface area contributed by atoms with E-state index in [0.717, 1.165) is 35.8 Å². The molecule has 3 aliphatic rings. The number of halogens is 2. The predicted molar refractivity (Wildman–Crippen MR) is 113 cm³/mol. The molecule has 0 spiro atoms. The zero-order valence-corrected chi connectivity index (χ0v) is 17.2. The second-order valence-electron chi connectivity index (χ2n) is 9.74. The van der Waals surface area contributed by atoms with E-state index in [1.165, 1.54) is 49.9 Å². The van der Waals surface area contributed by atoms with Crippen molar-refractivity contribution in [2.45, 2.75) is 50.9 Å². The first-order valence-corrected chi connectivity index (χ1v) is 11.3. The van der Waals surface area contributed by atoms with Gasteiger partial charge in [0.25, 0.3) is 0 Å². The van der Waals surface area contributed by atoms with Gasteiger partial charge >= 0.3 is 0 Å². The lowest BCUT2D eigenvalue weighted by Crippen LogP contribution is -2.46. The second-order valence-corrected chi connectivity index (χ2v) is 9.74. The van der Waals surface area contributed by atoms with E-state index in [2.05, 4.69) is 5.32 Å². The zero-order chi connectivity index (χ0) is 20.7. The molecule has 4 heteroatoms. The van der Waals surface area contributed by atoms with Gasteiger partial charge in [0.05, 0.1) is 5.41 Å². The number of carbonyl (C=O) groups is 1. The molecule has 2 nitrogen and oxygen atoms in total. The summed E-state index contributed by atoms with van der Waals surface area (Å²) >= 11 is 0. The van der Waals surface area contributed by atoms with Gasteiger partial charge in [0.2, 0.25) is 5.91 Å². The minimum absolute atomic E-state index is 0.0115. The standard InChI is InChI=1S/C26H29F2NO/c27-22-5-1-19(2-6-22)24(20-3-7-23(28)8-4-20)10-12-29-25(30)26-11-9-17-13-18(16-26)15-21(26)14-17/h1-8,17-18,21,24H,9-16H2,(H,29,30). The molecule has 2 aromatic rings. The van der Waals surface area contributed by atoms with Crippen molar-refractivity contribution in [3.05, 3.63) is 71.3 Å². The lowest BCUT2D eigenvalue weighted by Gasteiger charge is -2.41. The molecule has 0 heterocycles. The first-order chi connectivity index (χ1) is 14.5. The molecular weight excluding hydrogens is 380 g/mol. The number of hydrogen-bond acceptors (Lipinski definition) is 1. The van der Waals surface area contributed by atoms with Crippen molar-refractivity contribution in [1.29, 1.82) is 0 Å². The van der Waals surface area contributed by atoms with Gasteiger partial charge in [-0.05, 0) is 98.1 Å². The third kappa shape index (κ3) is 3.55. The van der Waals surface area contributed by atoms with Gasteiger partial charge in [-0.1, -0.05) is 24.3 Å². The van der Waals surface area contributed by atoms with Crippen LogP contribution in [-0.4, -0.2) is 12.5 Å². The smallest absolute Gasteiger partial charge is 0.226 e. The van der Waals surface area contributed by atoms with Crippen LogP contribution in [0.15, 0.2) is 48.5 Å². The van der Waals surface area contributed by atoms with Gasteiger partial charge in [0.15, 0.2) is 0 Å². The average molecular weight is 410 g/mol.